The largest absolute Gasteiger partial charge is 0.248 e. The second-order valence-electron chi connectivity index (χ2n) is 4.53. The Labute approximate surface area is 140 Å². The zero-order chi connectivity index (χ0) is 13.2. The molecule has 0 saturated carbocycles. The summed E-state index contributed by atoms with van der Waals surface area (Å²) in [6, 6.07) is 14.9. The van der Waals surface area contributed by atoms with E-state index >= 15 is 0 Å². The van der Waals surface area contributed by atoms with E-state index in [1.807, 2.05) is 0 Å². The summed E-state index contributed by atoms with van der Waals surface area (Å²) in [5.41, 5.74) is 3.69. The van der Waals surface area contributed by atoms with Gasteiger partial charge in [-0.1, -0.05) is 46.9 Å². The molecule has 0 amide bonds. The topological polar surface area (TPSA) is 12.9 Å². The molecule has 3 heteroatoms. The van der Waals surface area contributed by atoms with Crippen molar-refractivity contribution in [1.82, 2.24) is 4.98 Å². The highest BCUT2D eigenvalue weighted by Crippen LogP contribution is 2.30. The Morgan fingerprint density at radius 2 is 1.74 bits per heavy atom. The summed E-state index contributed by atoms with van der Waals surface area (Å²) < 4.78 is 2.50. The average molecular weight is 473 g/mol. The van der Waals surface area contributed by atoms with Crippen LogP contribution in [-0.2, 0) is 6.42 Å². The van der Waals surface area contributed by atoms with Crippen LogP contribution in [0.1, 0.15) is 12.0 Å². The van der Waals surface area contributed by atoms with Gasteiger partial charge in [-0.15, -0.1) is 0 Å². The van der Waals surface area contributed by atoms with Crippen LogP contribution >= 0.6 is 45.2 Å². The number of halogens is 2. The minimum absolute atomic E-state index is 1.11. The second-order valence-corrected chi connectivity index (χ2v) is 6.77. The molecule has 0 spiro atoms. The molecule has 0 fully saturated rings. The summed E-state index contributed by atoms with van der Waals surface area (Å²) in [5, 5.41) is 2.65. The van der Waals surface area contributed by atoms with E-state index in [0.717, 1.165) is 17.5 Å². The van der Waals surface area contributed by atoms with E-state index in [1.54, 1.807) is 0 Å². The molecule has 0 unspecified atom stereocenters. The molecule has 19 heavy (non-hydrogen) atoms. The predicted octanol–water partition coefficient (Wildman–Crippen LogP) is 5.36. The van der Waals surface area contributed by atoms with Crippen molar-refractivity contribution in [2.45, 2.75) is 12.8 Å². The molecule has 3 rings (SSSR count). The third kappa shape index (κ3) is 2.59. The first-order chi connectivity index (χ1) is 9.31. The van der Waals surface area contributed by atoms with Crippen LogP contribution in [0.3, 0.4) is 0 Å². The Hall–Kier alpha value is -0.430. The number of pyridine rings is 1. The molecule has 3 aromatic rings. The molecule has 1 heterocycles. The Bertz CT molecular complexity index is 737. The Balaban J connectivity index is 2.40. The lowest BCUT2D eigenvalue weighted by Crippen LogP contribution is -1.95. The zero-order valence-electron chi connectivity index (χ0n) is 10.4. The summed E-state index contributed by atoms with van der Waals surface area (Å²) >= 11 is 4.88. The third-order valence-electron chi connectivity index (χ3n) is 3.32. The third-order valence-corrected chi connectivity index (χ3v) is 4.99. The number of benzene rings is 2. The van der Waals surface area contributed by atoms with E-state index in [9.17, 15) is 0 Å². The van der Waals surface area contributed by atoms with Gasteiger partial charge >= 0.3 is 0 Å². The smallest absolute Gasteiger partial charge is 0.0723 e. The fraction of sp³-hybridized carbons (Fsp3) is 0.188. The maximum absolute atomic E-state index is 4.80. The van der Waals surface area contributed by atoms with Gasteiger partial charge in [0.05, 0.1) is 11.0 Å². The van der Waals surface area contributed by atoms with Crippen LogP contribution in [0.4, 0.5) is 0 Å². The maximum atomic E-state index is 4.80. The highest BCUT2D eigenvalue weighted by atomic mass is 127. The molecule has 0 aliphatic rings. The normalized spacial score (nSPS) is 11.3. The van der Waals surface area contributed by atoms with Gasteiger partial charge in [-0.2, -0.15) is 0 Å². The van der Waals surface area contributed by atoms with Crippen LogP contribution in [0.15, 0.2) is 42.5 Å². The van der Waals surface area contributed by atoms with Crippen molar-refractivity contribution >= 4 is 67.0 Å². The minimum atomic E-state index is 1.11. The zero-order valence-corrected chi connectivity index (χ0v) is 14.7. The molecule has 0 atom stereocenters. The van der Waals surface area contributed by atoms with Crippen LogP contribution in [0, 0.1) is 3.57 Å². The van der Waals surface area contributed by atoms with Crippen LogP contribution in [-0.4, -0.2) is 9.41 Å². The average Bonchev–Trinajstić information content (AvgIpc) is 2.44. The van der Waals surface area contributed by atoms with E-state index in [2.05, 4.69) is 87.6 Å². The fourth-order valence-corrected chi connectivity index (χ4v) is 3.69. The lowest BCUT2D eigenvalue weighted by atomic mass is 9.99. The molecule has 0 N–H and O–H groups in total. The Morgan fingerprint density at radius 3 is 2.58 bits per heavy atom. The van der Waals surface area contributed by atoms with Crippen LogP contribution in [0.5, 0.6) is 0 Å². The predicted molar refractivity (Wildman–Crippen MR) is 99.2 cm³/mol. The summed E-state index contributed by atoms with van der Waals surface area (Å²) in [7, 11) is 0. The standard InChI is InChI=1S/C16H13I2N/c17-10-4-6-12-11-5-1-2-8-14(11)19-15-9-3-7-13(18)16(12)15/h1-3,5,7-9H,4,6,10H2. The summed E-state index contributed by atoms with van der Waals surface area (Å²) in [6.07, 6.45) is 2.34. The van der Waals surface area contributed by atoms with Crippen molar-refractivity contribution in [3.8, 4) is 0 Å². The number of rotatable bonds is 3. The van der Waals surface area contributed by atoms with Crippen LogP contribution in [0.25, 0.3) is 21.8 Å². The summed E-state index contributed by atoms with van der Waals surface area (Å²) in [5.74, 6) is 0. The molecule has 0 bridgehead atoms. The van der Waals surface area contributed by atoms with Gasteiger partial charge in [0.15, 0.2) is 0 Å². The number of nitrogens with zero attached hydrogens (tertiary/aromatic N) is 1. The number of fused-ring (bicyclic) bond motifs is 2. The van der Waals surface area contributed by atoms with Gasteiger partial charge < -0.3 is 0 Å². The highest BCUT2D eigenvalue weighted by molar-refractivity contribution is 14.1. The monoisotopic (exact) mass is 473 g/mol. The van der Waals surface area contributed by atoms with E-state index in [0.29, 0.717) is 0 Å². The summed E-state index contributed by atoms with van der Waals surface area (Å²) in [6.45, 7) is 0. The number of alkyl halides is 1. The SMILES string of the molecule is ICCCc1c2ccccc2nc2cccc(I)c12. The van der Waals surface area contributed by atoms with Gasteiger partial charge in [0, 0.05) is 14.3 Å². The van der Waals surface area contributed by atoms with Crippen molar-refractivity contribution in [2.75, 3.05) is 4.43 Å². The number of para-hydroxylation sites is 1. The molecule has 0 saturated heterocycles. The molecule has 2 aromatic carbocycles. The Kier molecular flexibility index (Phi) is 4.21. The molecular formula is C16H13I2N. The van der Waals surface area contributed by atoms with Gasteiger partial charge in [-0.25, -0.2) is 4.98 Å². The molecule has 96 valence electrons. The molecular weight excluding hydrogens is 460 g/mol. The lowest BCUT2D eigenvalue weighted by molar-refractivity contribution is 0.961. The fourth-order valence-electron chi connectivity index (χ4n) is 2.50. The molecule has 0 aliphatic carbocycles. The highest BCUT2D eigenvalue weighted by Gasteiger charge is 2.10. The number of hydrogen-bond donors (Lipinski definition) is 0. The van der Waals surface area contributed by atoms with Crippen molar-refractivity contribution in [3.05, 3.63) is 51.6 Å². The van der Waals surface area contributed by atoms with E-state index in [-0.39, 0.29) is 0 Å². The van der Waals surface area contributed by atoms with Gasteiger partial charge in [-0.05, 0) is 63.6 Å². The number of aryl methyl sites for hydroxylation is 1. The van der Waals surface area contributed by atoms with Crippen molar-refractivity contribution in [3.63, 3.8) is 0 Å². The minimum Gasteiger partial charge on any atom is -0.248 e. The van der Waals surface area contributed by atoms with Crippen molar-refractivity contribution in [2.24, 2.45) is 0 Å². The first-order valence-corrected chi connectivity index (χ1v) is 8.93. The lowest BCUT2D eigenvalue weighted by Gasteiger charge is -2.11. The molecule has 1 aromatic heterocycles. The molecule has 1 nitrogen and oxygen atoms in total. The van der Waals surface area contributed by atoms with Crippen LogP contribution < -0.4 is 0 Å². The van der Waals surface area contributed by atoms with E-state index < -0.39 is 0 Å². The van der Waals surface area contributed by atoms with Gasteiger partial charge in [0.2, 0.25) is 0 Å². The van der Waals surface area contributed by atoms with Gasteiger partial charge in [0.25, 0.3) is 0 Å². The van der Waals surface area contributed by atoms with E-state index in [4.69, 9.17) is 4.98 Å². The van der Waals surface area contributed by atoms with Crippen LogP contribution in [0.2, 0.25) is 0 Å². The Morgan fingerprint density at radius 1 is 0.947 bits per heavy atom. The first kappa shape index (κ1) is 13.5. The van der Waals surface area contributed by atoms with E-state index in [1.165, 1.54) is 30.8 Å². The second kappa shape index (κ2) is 5.91. The molecule has 0 aliphatic heterocycles. The number of aromatic nitrogens is 1. The van der Waals surface area contributed by atoms with Gasteiger partial charge in [-0.3, -0.25) is 0 Å². The first-order valence-electron chi connectivity index (χ1n) is 6.33. The maximum Gasteiger partial charge on any atom is 0.0723 e. The van der Waals surface area contributed by atoms with Crippen molar-refractivity contribution in [1.29, 1.82) is 0 Å². The quantitative estimate of drug-likeness (QED) is 0.284. The summed E-state index contributed by atoms with van der Waals surface area (Å²) in [4.78, 5) is 4.80. The number of hydrogen-bond acceptors (Lipinski definition) is 1. The molecule has 0 radical (unpaired) electrons. The van der Waals surface area contributed by atoms with Crippen molar-refractivity contribution < 1.29 is 0 Å². The van der Waals surface area contributed by atoms with Gasteiger partial charge in [0.1, 0.15) is 0 Å².